The summed E-state index contributed by atoms with van der Waals surface area (Å²) >= 11 is 0. The summed E-state index contributed by atoms with van der Waals surface area (Å²) in [5, 5.41) is 12.2. The van der Waals surface area contributed by atoms with Crippen molar-refractivity contribution < 1.29 is 19.4 Å². The zero-order valence-electron chi connectivity index (χ0n) is 15.0. The van der Waals surface area contributed by atoms with E-state index in [1.807, 2.05) is 48.5 Å². The first-order chi connectivity index (χ1) is 13.2. The predicted molar refractivity (Wildman–Crippen MR) is 104 cm³/mol. The lowest BCUT2D eigenvalue weighted by atomic mass is 10.1. The summed E-state index contributed by atoms with van der Waals surface area (Å²) in [5.41, 5.74) is 3.24. The molecule has 0 fully saturated rings. The molecule has 0 saturated carbocycles. The van der Waals surface area contributed by atoms with Crippen molar-refractivity contribution in [1.82, 2.24) is 0 Å². The normalized spacial score (nSPS) is 10.3. The minimum atomic E-state index is -0.933. The second-order valence-corrected chi connectivity index (χ2v) is 6.00. The minimum absolute atomic E-state index is 0.266. The average Bonchev–Trinajstić information content (AvgIpc) is 2.72. The fraction of sp³-hybridized carbons (Fsp3) is 0.136. The van der Waals surface area contributed by atoms with E-state index >= 15 is 0 Å². The Morgan fingerprint density at radius 1 is 0.926 bits per heavy atom. The van der Waals surface area contributed by atoms with Crippen molar-refractivity contribution in [1.29, 1.82) is 0 Å². The number of carboxylic acids is 1. The van der Waals surface area contributed by atoms with Gasteiger partial charge in [-0.05, 0) is 47.5 Å². The average molecular weight is 363 g/mol. The number of benzene rings is 3. The van der Waals surface area contributed by atoms with Crippen LogP contribution in [0.2, 0.25) is 0 Å². The van der Waals surface area contributed by atoms with Crippen LogP contribution in [0.5, 0.6) is 11.5 Å². The molecule has 2 N–H and O–H groups in total. The Morgan fingerprint density at radius 2 is 1.67 bits per heavy atom. The standard InChI is InChI=1S/C22H21NO4/c1-26-21-13-17(14-23-19-10-8-18(9-11-19)22(24)25)7-12-20(21)27-15-16-5-3-2-4-6-16/h2-13,23H,14-15H2,1H3,(H,24,25). The molecular weight excluding hydrogens is 342 g/mol. The van der Waals surface area contributed by atoms with Crippen molar-refractivity contribution in [3.05, 3.63) is 89.5 Å². The highest BCUT2D eigenvalue weighted by Gasteiger charge is 2.07. The molecule has 5 nitrogen and oxygen atoms in total. The second kappa shape index (κ2) is 8.76. The molecule has 138 valence electrons. The van der Waals surface area contributed by atoms with Gasteiger partial charge in [0.05, 0.1) is 12.7 Å². The van der Waals surface area contributed by atoms with Gasteiger partial charge < -0.3 is 19.9 Å². The van der Waals surface area contributed by atoms with Crippen molar-refractivity contribution in [2.24, 2.45) is 0 Å². The largest absolute Gasteiger partial charge is 0.493 e. The number of ether oxygens (including phenoxy) is 2. The molecule has 0 atom stereocenters. The summed E-state index contributed by atoms with van der Waals surface area (Å²) in [4.78, 5) is 10.9. The molecular formula is C22H21NO4. The molecule has 0 heterocycles. The third kappa shape index (κ3) is 5.01. The van der Waals surface area contributed by atoms with Gasteiger partial charge in [0.15, 0.2) is 11.5 Å². The van der Waals surface area contributed by atoms with E-state index in [4.69, 9.17) is 14.6 Å². The van der Waals surface area contributed by atoms with Crippen LogP contribution in [-0.2, 0) is 13.2 Å². The molecule has 0 aliphatic heterocycles. The van der Waals surface area contributed by atoms with Gasteiger partial charge in [0.2, 0.25) is 0 Å². The lowest BCUT2D eigenvalue weighted by Gasteiger charge is -2.13. The molecule has 0 amide bonds. The van der Waals surface area contributed by atoms with Gasteiger partial charge in [-0.3, -0.25) is 0 Å². The molecule has 3 aromatic rings. The summed E-state index contributed by atoms with van der Waals surface area (Å²) < 4.78 is 11.3. The number of anilines is 1. The van der Waals surface area contributed by atoms with Gasteiger partial charge in [-0.2, -0.15) is 0 Å². The van der Waals surface area contributed by atoms with Crippen molar-refractivity contribution in [3.8, 4) is 11.5 Å². The smallest absolute Gasteiger partial charge is 0.335 e. The Kier molecular flexibility index (Phi) is 5.94. The Morgan fingerprint density at radius 3 is 2.33 bits per heavy atom. The van der Waals surface area contributed by atoms with Gasteiger partial charge in [0, 0.05) is 12.2 Å². The zero-order valence-corrected chi connectivity index (χ0v) is 15.0. The molecule has 0 aliphatic carbocycles. The number of hydrogen-bond donors (Lipinski definition) is 2. The number of nitrogens with one attached hydrogen (secondary N) is 1. The molecule has 0 unspecified atom stereocenters. The highest BCUT2D eigenvalue weighted by atomic mass is 16.5. The van der Waals surface area contributed by atoms with Crippen LogP contribution in [0.4, 0.5) is 5.69 Å². The predicted octanol–water partition coefficient (Wildman–Crippen LogP) is 4.58. The van der Waals surface area contributed by atoms with E-state index < -0.39 is 5.97 Å². The van der Waals surface area contributed by atoms with Crippen LogP contribution in [-0.4, -0.2) is 18.2 Å². The van der Waals surface area contributed by atoms with Crippen molar-refractivity contribution >= 4 is 11.7 Å². The van der Waals surface area contributed by atoms with Crippen LogP contribution in [0.25, 0.3) is 0 Å². The van der Waals surface area contributed by atoms with Crippen LogP contribution < -0.4 is 14.8 Å². The van der Waals surface area contributed by atoms with Crippen molar-refractivity contribution in [3.63, 3.8) is 0 Å². The molecule has 3 aromatic carbocycles. The molecule has 5 heteroatoms. The molecule has 3 rings (SSSR count). The Bertz CT molecular complexity index is 892. The SMILES string of the molecule is COc1cc(CNc2ccc(C(=O)O)cc2)ccc1OCc1ccccc1. The summed E-state index contributed by atoms with van der Waals surface area (Å²) in [7, 11) is 1.62. The monoisotopic (exact) mass is 363 g/mol. The maximum absolute atomic E-state index is 10.9. The van der Waals surface area contributed by atoms with E-state index in [1.54, 1.807) is 31.4 Å². The number of carboxylic acid groups (broad SMARTS) is 1. The Hall–Kier alpha value is -3.47. The summed E-state index contributed by atoms with van der Waals surface area (Å²) in [6.07, 6.45) is 0. The quantitative estimate of drug-likeness (QED) is 0.613. The van der Waals surface area contributed by atoms with Crippen molar-refractivity contribution in [2.45, 2.75) is 13.2 Å². The number of rotatable bonds is 8. The number of aromatic carboxylic acids is 1. The molecule has 0 spiro atoms. The third-order valence-electron chi connectivity index (χ3n) is 4.09. The number of carbonyl (C=O) groups is 1. The first-order valence-corrected chi connectivity index (χ1v) is 8.56. The third-order valence-corrected chi connectivity index (χ3v) is 4.09. The van der Waals surface area contributed by atoms with Gasteiger partial charge in [-0.15, -0.1) is 0 Å². The Balaban J connectivity index is 1.62. The van der Waals surface area contributed by atoms with Gasteiger partial charge in [0.25, 0.3) is 0 Å². The summed E-state index contributed by atoms with van der Waals surface area (Å²) in [6, 6.07) is 22.4. The van der Waals surface area contributed by atoms with Gasteiger partial charge >= 0.3 is 5.97 Å². The molecule has 0 saturated heterocycles. The fourth-order valence-corrected chi connectivity index (χ4v) is 2.61. The molecule has 0 aliphatic rings. The van der Waals surface area contributed by atoms with Crippen LogP contribution in [0.15, 0.2) is 72.8 Å². The first kappa shape index (κ1) is 18.3. The van der Waals surface area contributed by atoms with E-state index in [0.717, 1.165) is 16.8 Å². The van der Waals surface area contributed by atoms with Crippen LogP contribution in [0, 0.1) is 0 Å². The number of methoxy groups -OCH3 is 1. The fourth-order valence-electron chi connectivity index (χ4n) is 2.61. The van der Waals surface area contributed by atoms with Gasteiger partial charge in [-0.1, -0.05) is 36.4 Å². The van der Waals surface area contributed by atoms with Gasteiger partial charge in [0.1, 0.15) is 6.61 Å². The Labute approximate surface area is 158 Å². The lowest BCUT2D eigenvalue weighted by Crippen LogP contribution is -2.02. The highest BCUT2D eigenvalue weighted by molar-refractivity contribution is 5.87. The van der Waals surface area contributed by atoms with Gasteiger partial charge in [-0.25, -0.2) is 4.79 Å². The molecule has 27 heavy (non-hydrogen) atoms. The lowest BCUT2D eigenvalue weighted by molar-refractivity contribution is 0.0697. The zero-order chi connectivity index (χ0) is 19.1. The summed E-state index contributed by atoms with van der Waals surface area (Å²) in [5.74, 6) is 0.430. The topological polar surface area (TPSA) is 67.8 Å². The number of hydrogen-bond acceptors (Lipinski definition) is 4. The maximum Gasteiger partial charge on any atom is 0.335 e. The summed E-state index contributed by atoms with van der Waals surface area (Å²) in [6.45, 7) is 1.06. The van der Waals surface area contributed by atoms with Crippen molar-refractivity contribution in [2.75, 3.05) is 12.4 Å². The maximum atomic E-state index is 10.9. The van der Waals surface area contributed by atoms with Crippen LogP contribution in [0.1, 0.15) is 21.5 Å². The second-order valence-electron chi connectivity index (χ2n) is 6.00. The molecule has 0 aromatic heterocycles. The van der Waals surface area contributed by atoms with E-state index in [2.05, 4.69) is 5.32 Å². The van der Waals surface area contributed by atoms with E-state index in [1.165, 1.54) is 0 Å². The van der Waals surface area contributed by atoms with Crippen LogP contribution >= 0.6 is 0 Å². The minimum Gasteiger partial charge on any atom is -0.493 e. The molecule has 0 radical (unpaired) electrons. The van der Waals surface area contributed by atoms with E-state index in [-0.39, 0.29) is 5.56 Å². The highest BCUT2D eigenvalue weighted by Crippen LogP contribution is 2.29. The van der Waals surface area contributed by atoms with E-state index in [0.29, 0.717) is 24.7 Å². The van der Waals surface area contributed by atoms with E-state index in [9.17, 15) is 4.79 Å². The first-order valence-electron chi connectivity index (χ1n) is 8.56. The molecule has 0 bridgehead atoms. The van der Waals surface area contributed by atoms with Crippen LogP contribution in [0.3, 0.4) is 0 Å².